The lowest BCUT2D eigenvalue weighted by Gasteiger charge is -2.36. The van der Waals surface area contributed by atoms with E-state index in [1.165, 1.54) is 4.90 Å². The highest BCUT2D eigenvalue weighted by atomic mass is 32.2. The number of nitrogens with zero attached hydrogens (tertiary/aromatic N) is 3. The van der Waals surface area contributed by atoms with E-state index in [0.29, 0.717) is 37.9 Å². The number of unbranched alkanes of at least 4 members (excludes halogenated alkanes) is 2. The first-order chi connectivity index (χ1) is 20.8. The molecule has 0 saturated carbocycles. The molecule has 7 nitrogen and oxygen atoms in total. The van der Waals surface area contributed by atoms with Gasteiger partial charge in [0.05, 0.1) is 0 Å². The van der Waals surface area contributed by atoms with E-state index in [9.17, 15) is 22.8 Å². The lowest BCUT2D eigenvalue weighted by atomic mass is 9.89. The zero-order chi connectivity index (χ0) is 32.1. The zero-order valence-electron chi connectivity index (χ0n) is 25.8. The maximum atomic E-state index is 13.2. The molecular formula is C33H42F3N5O2S. The molecule has 0 bridgehead atoms. The Labute approximate surface area is 260 Å². The van der Waals surface area contributed by atoms with E-state index in [1.807, 2.05) is 57.2 Å². The van der Waals surface area contributed by atoms with Crippen molar-refractivity contribution in [3.05, 3.63) is 69.6 Å². The number of carbonyl (C=O) groups excluding carboxylic acids is 2. The molecule has 3 amide bonds. The molecule has 2 heterocycles. The standard InChI is InChI=1S/C33H42F3N5O2S/c1-5-44(19-13-28-23(2)20-27(21-24(28)3)40(4)31(37)43)41-17-15-32(16-18-41)30(42)38-29(39-32)26-12-9-11-25(22-26)10-7-6-8-14-33(34,35)36/h5,9,11-13,19-22H,6-8,10,14-18H2,1-4H3,(H2,37,43)(H,38,39,42)/b19-13+. The van der Waals surface area contributed by atoms with Gasteiger partial charge in [-0.05, 0) is 110 Å². The Hall–Kier alpha value is -3.44. The van der Waals surface area contributed by atoms with Crippen molar-refractivity contribution in [2.24, 2.45) is 10.7 Å². The molecule has 1 fully saturated rings. The number of urea groups is 1. The topological polar surface area (TPSA) is 91.0 Å². The molecular weight excluding hydrogens is 587 g/mol. The minimum atomic E-state index is -4.10. The van der Waals surface area contributed by atoms with Crippen molar-refractivity contribution in [2.75, 3.05) is 25.0 Å². The van der Waals surface area contributed by atoms with Crippen LogP contribution in [0, 0.1) is 13.8 Å². The summed E-state index contributed by atoms with van der Waals surface area (Å²) in [6.07, 6.45) is 0.535. The maximum absolute atomic E-state index is 13.2. The second-order valence-electron chi connectivity index (χ2n) is 11.5. The molecule has 238 valence electrons. The molecule has 0 radical (unpaired) electrons. The number of aryl methyl sites for hydroxylation is 3. The lowest BCUT2D eigenvalue weighted by molar-refractivity contribution is -0.135. The highest BCUT2D eigenvalue weighted by Gasteiger charge is 2.46. The van der Waals surface area contributed by atoms with Gasteiger partial charge in [-0.25, -0.2) is 4.79 Å². The van der Waals surface area contributed by atoms with Gasteiger partial charge in [0.15, 0.2) is 0 Å². The molecule has 1 unspecified atom stereocenters. The SMILES string of the molecule is C/C=S(/C=C/c1c(C)cc(N(C)C(N)=O)cc1C)N1CCC2(CC1)N=C(c1cccc(CCCCCC(F)(F)F)c1)NC2=O. The van der Waals surface area contributed by atoms with Crippen LogP contribution in [0.2, 0.25) is 0 Å². The van der Waals surface area contributed by atoms with E-state index >= 15 is 0 Å². The van der Waals surface area contributed by atoms with Gasteiger partial charge in [-0.2, -0.15) is 13.2 Å². The number of primary amides is 1. The summed E-state index contributed by atoms with van der Waals surface area (Å²) in [5.74, 6) is 0.493. The van der Waals surface area contributed by atoms with Crippen LogP contribution in [0.1, 0.15) is 73.3 Å². The molecule has 3 N–H and O–H groups in total. The van der Waals surface area contributed by atoms with Crippen molar-refractivity contribution < 1.29 is 22.8 Å². The number of amidine groups is 1. The van der Waals surface area contributed by atoms with Gasteiger partial charge < -0.3 is 11.1 Å². The third-order valence-corrected chi connectivity index (χ3v) is 10.2. The fraction of sp³-hybridized carbons (Fsp3) is 0.455. The van der Waals surface area contributed by atoms with Crippen LogP contribution >= 0.6 is 10.7 Å². The number of alkyl halides is 3. The monoisotopic (exact) mass is 629 g/mol. The van der Waals surface area contributed by atoms with Crippen LogP contribution in [0.3, 0.4) is 0 Å². The molecule has 1 atom stereocenters. The Morgan fingerprint density at radius 1 is 1.14 bits per heavy atom. The number of nitrogens with two attached hydrogens (primary N) is 1. The van der Waals surface area contributed by atoms with Crippen LogP contribution in [0.15, 0.2) is 46.8 Å². The number of piperidine rings is 1. The normalized spacial score (nSPS) is 17.7. The number of hydrogen-bond donors (Lipinski definition) is 2. The largest absolute Gasteiger partial charge is 0.389 e. The highest BCUT2D eigenvalue weighted by Crippen LogP contribution is 2.36. The number of hydrogen-bond acceptors (Lipinski definition) is 4. The van der Waals surface area contributed by atoms with Crippen LogP contribution in [-0.4, -0.2) is 59.3 Å². The second-order valence-corrected chi connectivity index (χ2v) is 13.5. The molecule has 0 aliphatic carbocycles. The third-order valence-electron chi connectivity index (χ3n) is 8.37. The van der Waals surface area contributed by atoms with Crippen molar-refractivity contribution in [1.82, 2.24) is 9.62 Å². The minimum Gasteiger partial charge on any atom is -0.351 e. The van der Waals surface area contributed by atoms with Gasteiger partial charge in [0.2, 0.25) is 0 Å². The van der Waals surface area contributed by atoms with Crippen molar-refractivity contribution in [3.63, 3.8) is 0 Å². The van der Waals surface area contributed by atoms with Gasteiger partial charge in [0.1, 0.15) is 11.4 Å². The van der Waals surface area contributed by atoms with Crippen molar-refractivity contribution in [1.29, 1.82) is 0 Å². The highest BCUT2D eigenvalue weighted by molar-refractivity contribution is 8.15. The van der Waals surface area contributed by atoms with Gasteiger partial charge in [0.25, 0.3) is 5.91 Å². The smallest absolute Gasteiger partial charge is 0.351 e. The van der Waals surface area contributed by atoms with Crippen LogP contribution in [-0.2, 0) is 11.2 Å². The molecule has 2 aromatic carbocycles. The fourth-order valence-electron chi connectivity index (χ4n) is 5.75. The number of benzene rings is 2. The zero-order valence-corrected chi connectivity index (χ0v) is 26.7. The number of rotatable bonds is 10. The molecule has 2 aliphatic rings. The average molecular weight is 630 g/mol. The molecule has 2 aliphatic heterocycles. The number of amides is 3. The van der Waals surface area contributed by atoms with Gasteiger partial charge >= 0.3 is 12.2 Å². The Balaban J connectivity index is 1.39. The number of halogens is 3. The van der Waals surface area contributed by atoms with E-state index in [-0.39, 0.29) is 23.0 Å². The van der Waals surface area contributed by atoms with Crippen molar-refractivity contribution in [2.45, 2.75) is 77.4 Å². The Kier molecular flexibility index (Phi) is 10.7. The van der Waals surface area contributed by atoms with E-state index in [4.69, 9.17) is 10.7 Å². The number of carbonyl (C=O) groups is 2. The summed E-state index contributed by atoms with van der Waals surface area (Å²) in [6.45, 7) is 7.53. The first-order valence-electron chi connectivity index (χ1n) is 15.0. The van der Waals surface area contributed by atoms with Crippen LogP contribution in [0.25, 0.3) is 6.08 Å². The molecule has 1 saturated heterocycles. The minimum absolute atomic E-state index is 0.0760. The number of nitrogens with one attached hydrogen (secondary N) is 1. The summed E-state index contributed by atoms with van der Waals surface area (Å²) in [5, 5.41) is 7.37. The van der Waals surface area contributed by atoms with Gasteiger partial charge in [-0.3, -0.25) is 19.0 Å². The van der Waals surface area contributed by atoms with Crippen LogP contribution < -0.4 is 16.0 Å². The lowest BCUT2D eigenvalue weighted by Crippen LogP contribution is -2.47. The van der Waals surface area contributed by atoms with E-state index in [0.717, 1.165) is 46.6 Å². The second kappa shape index (κ2) is 14.1. The van der Waals surface area contributed by atoms with Gasteiger partial charge in [-0.1, -0.05) is 35.3 Å². The number of aliphatic imine (C=N–C) groups is 1. The summed E-state index contributed by atoms with van der Waals surface area (Å²) in [7, 11) is 1.41. The molecule has 11 heteroatoms. The average Bonchev–Trinajstić information content (AvgIpc) is 3.29. The van der Waals surface area contributed by atoms with E-state index < -0.39 is 24.2 Å². The summed E-state index contributed by atoms with van der Waals surface area (Å²) in [4.78, 5) is 31.2. The van der Waals surface area contributed by atoms with Gasteiger partial charge in [-0.15, -0.1) is 0 Å². The first kappa shape index (κ1) is 33.5. The molecule has 1 spiro atoms. The van der Waals surface area contributed by atoms with E-state index in [1.54, 1.807) is 7.05 Å². The quantitative estimate of drug-likeness (QED) is 0.222. The van der Waals surface area contributed by atoms with Crippen molar-refractivity contribution in [3.8, 4) is 0 Å². The molecule has 44 heavy (non-hydrogen) atoms. The van der Waals surface area contributed by atoms with E-state index in [2.05, 4.69) is 26.5 Å². The van der Waals surface area contributed by atoms with Crippen molar-refractivity contribution >= 4 is 45.6 Å². The van der Waals surface area contributed by atoms with Crippen LogP contribution in [0.5, 0.6) is 0 Å². The van der Waals surface area contributed by atoms with Gasteiger partial charge in [0, 0.05) is 37.8 Å². The Morgan fingerprint density at radius 3 is 2.43 bits per heavy atom. The molecule has 0 aromatic heterocycles. The summed E-state index contributed by atoms with van der Waals surface area (Å²) < 4.78 is 39.6. The predicted octanol–water partition coefficient (Wildman–Crippen LogP) is 6.87. The molecule has 4 rings (SSSR count). The number of anilines is 1. The molecule has 2 aromatic rings. The summed E-state index contributed by atoms with van der Waals surface area (Å²) in [6, 6.07) is 11.2. The summed E-state index contributed by atoms with van der Waals surface area (Å²) in [5.41, 5.74) is 10.5. The third kappa shape index (κ3) is 8.18. The first-order valence-corrected chi connectivity index (χ1v) is 16.3. The predicted molar refractivity (Wildman–Crippen MR) is 175 cm³/mol. The summed E-state index contributed by atoms with van der Waals surface area (Å²) >= 11 is 0. The Morgan fingerprint density at radius 2 is 1.82 bits per heavy atom. The van der Waals surface area contributed by atoms with Crippen LogP contribution in [0.4, 0.5) is 23.7 Å². The maximum Gasteiger partial charge on any atom is 0.389 e. The fourth-order valence-corrected chi connectivity index (χ4v) is 7.26. The Bertz CT molecular complexity index is 1450.